The Morgan fingerprint density at radius 1 is 1.43 bits per heavy atom. The molecular weight excluding hydrogens is 292 g/mol. The van der Waals surface area contributed by atoms with Gasteiger partial charge in [-0.2, -0.15) is 5.10 Å². The molecule has 0 spiro atoms. The molecule has 3 rings (SSSR count). The number of nitrogens with one attached hydrogen (secondary N) is 2. The zero-order valence-corrected chi connectivity index (χ0v) is 13.7. The number of benzene rings is 1. The second-order valence-corrected chi connectivity index (χ2v) is 6.40. The fourth-order valence-electron chi connectivity index (χ4n) is 2.78. The van der Waals surface area contributed by atoms with E-state index < -0.39 is 0 Å². The number of carbonyl (C=O) groups is 1. The molecule has 6 nitrogen and oxygen atoms in total. The van der Waals surface area contributed by atoms with Crippen molar-refractivity contribution in [1.29, 1.82) is 0 Å². The van der Waals surface area contributed by atoms with Crippen molar-refractivity contribution in [1.82, 2.24) is 15.1 Å². The van der Waals surface area contributed by atoms with Gasteiger partial charge >= 0.3 is 0 Å². The van der Waals surface area contributed by atoms with Gasteiger partial charge in [-0.3, -0.25) is 9.48 Å². The molecule has 2 aromatic rings. The summed E-state index contributed by atoms with van der Waals surface area (Å²) in [6, 6.07) is 6.26. The molecule has 6 heteroatoms. The van der Waals surface area contributed by atoms with Gasteiger partial charge in [0.05, 0.1) is 11.9 Å². The Morgan fingerprint density at radius 2 is 2.26 bits per heavy atom. The average Bonchev–Trinajstić information content (AvgIpc) is 3.07. The summed E-state index contributed by atoms with van der Waals surface area (Å²) in [6.45, 7) is 5.08. The van der Waals surface area contributed by atoms with Crippen molar-refractivity contribution in [2.75, 3.05) is 12.4 Å². The van der Waals surface area contributed by atoms with Crippen molar-refractivity contribution in [2.45, 2.75) is 39.0 Å². The van der Waals surface area contributed by atoms with Crippen LogP contribution in [-0.2, 0) is 24.3 Å². The topological polar surface area (TPSA) is 68.2 Å². The molecule has 0 saturated heterocycles. The summed E-state index contributed by atoms with van der Waals surface area (Å²) in [4.78, 5) is 11.3. The number of carbonyl (C=O) groups excluding carboxylic acids is 1. The quantitative estimate of drug-likeness (QED) is 0.885. The number of hydrogen-bond acceptors (Lipinski definition) is 4. The molecule has 23 heavy (non-hydrogen) atoms. The Kier molecular flexibility index (Phi) is 3.98. The molecule has 0 saturated carbocycles. The highest BCUT2D eigenvalue weighted by atomic mass is 16.5. The molecule has 1 amide bonds. The molecule has 0 unspecified atom stereocenters. The van der Waals surface area contributed by atoms with Gasteiger partial charge in [-0.15, -0.1) is 0 Å². The number of likely N-dealkylation sites (N-methyl/N-ethyl adjacent to an activating group) is 1. The van der Waals surface area contributed by atoms with Crippen molar-refractivity contribution in [2.24, 2.45) is 0 Å². The van der Waals surface area contributed by atoms with Crippen molar-refractivity contribution >= 4 is 11.6 Å². The van der Waals surface area contributed by atoms with Gasteiger partial charge in [0, 0.05) is 31.8 Å². The molecule has 0 atom stereocenters. The number of hydrogen-bond donors (Lipinski definition) is 2. The van der Waals surface area contributed by atoms with Gasteiger partial charge in [-0.1, -0.05) is 18.2 Å². The van der Waals surface area contributed by atoms with E-state index in [2.05, 4.69) is 47.8 Å². The summed E-state index contributed by atoms with van der Waals surface area (Å²) in [5.74, 6) is 0.916. The van der Waals surface area contributed by atoms with Crippen LogP contribution in [0.1, 0.15) is 25.0 Å². The van der Waals surface area contributed by atoms with Crippen LogP contribution in [0.3, 0.4) is 0 Å². The number of aromatic nitrogens is 2. The lowest BCUT2D eigenvalue weighted by Gasteiger charge is -2.18. The first-order valence-electron chi connectivity index (χ1n) is 7.73. The number of nitrogens with zero attached hydrogens (tertiary/aromatic N) is 2. The minimum Gasteiger partial charge on any atom is -0.487 e. The number of amides is 1. The third kappa shape index (κ3) is 3.47. The molecule has 2 N–H and O–H groups in total. The Hall–Kier alpha value is -2.50. The Bertz CT molecular complexity index is 721. The standard InChI is InChI=1S/C17H22N4O2/c1-17(2)7-12-5-4-6-13(16(12)23-17)8-19-14-9-20-21(10-14)11-15(22)18-3/h4-6,9-10,19H,7-8,11H2,1-3H3,(H,18,22). The first kappa shape index (κ1) is 15.4. The molecule has 1 aliphatic heterocycles. The summed E-state index contributed by atoms with van der Waals surface area (Å²) in [6.07, 6.45) is 4.47. The van der Waals surface area contributed by atoms with Crippen LogP contribution < -0.4 is 15.4 Å². The minimum absolute atomic E-state index is 0.0730. The van der Waals surface area contributed by atoms with Crippen LogP contribution in [0.15, 0.2) is 30.6 Å². The highest BCUT2D eigenvalue weighted by molar-refractivity contribution is 5.75. The maximum Gasteiger partial charge on any atom is 0.241 e. The van der Waals surface area contributed by atoms with Crippen LogP contribution in [0.5, 0.6) is 5.75 Å². The number of fused-ring (bicyclic) bond motifs is 1. The van der Waals surface area contributed by atoms with Gasteiger partial charge in [0.15, 0.2) is 0 Å². The number of anilines is 1. The monoisotopic (exact) mass is 314 g/mol. The van der Waals surface area contributed by atoms with E-state index in [1.165, 1.54) is 5.56 Å². The third-order valence-electron chi connectivity index (χ3n) is 3.87. The first-order valence-corrected chi connectivity index (χ1v) is 7.73. The van der Waals surface area contributed by atoms with Crippen LogP contribution in [0.25, 0.3) is 0 Å². The van der Waals surface area contributed by atoms with E-state index in [0.29, 0.717) is 6.54 Å². The lowest BCUT2D eigenvalue weighted by molar-refractivity contribution is -0.121. The van der Waals surface area contributed by atoms with Crippen LogP contribution >= 0.6 is 0 Å². The van der Waals surface area contributed by atoms with Gasteiger partial charge in [0.25, 0.3) is 0 Å². The third-order valence-corrected chi connectivity index (χ3v) is 3.87. The minimum atomic E-state index is -0.142. The Balaban J connectivity index is 1.66. The van der Waals surface area contributed by atoms with Gasteiger partial charge < -0.3 is 15.4 Å². The molecule has 0 bridgehead atoms. The van der Waals surface area contributed by atoms with Gasteiger partial charge in [0.1, 0.15) is 17.9 Å². The maximum absolute atomic E-state index is 11.3. The predicted molar refractivity (Wildman–Crippen MR) is 88.5 cm³/mol. The fourth-order valence-corrected chi connectivity index (χ4v) is 2.78. The summed E-state index contributed by atoms with van der Waals surface area (Å²) in [5, 5.41) is 10.1. The molecule has 0 aliphatic carbocycles. The highest BCUT2D eigenvalue weighted by Crippen LogP contribution is 2.37. The SMILES string of the molecule is CNC(=O)Cn1cc(NCc2cccc3c2OC(C)(C)C3)cn1. The van der Waals surface area contributed by atoms with Crippen LogP contribution in [-0.4, -0.2) is 28.3 Å². The smallest absolute Gasteiger partial charge is 0.241 e. The molecular formula is C17H22N4O2. The first-order chi connectivity index (χ1) is 11.0. The second-order valence-electron chi connectivity index (χ2n) is 6.40. The van der Waals surface area contributed by atoms with Crippen molar-refractivity contribution in [3.05, 3.63) is 41.7 Å². The molecule has 0 fully saturated rings. The average molecular weight is 314 g/mol. The van der Waals surface area contributed by atoms with Crippen molar-refractivity contribution in [3.63, 3.8) is 0 Å². The number of ether oxygens (including phenoxy) is 1. The Morgan fingerprint density at radius 3 is 3.04 bits per heavy atom. The summed E-state index contributed by atoms with van der Waals surface area (Å²) >= 11 is 0. The van der Waals surface area contributed by atoms with Gasteiger partial charge in [-0.05, 0) is 19.4 Å². The highest BCUT2D eigenvalue weighted by Gasteiger charge is 2.31. The van der Waals surface area contributed by atoms with E-state index in [-0.39, 0.29) is 18.1 Å². The van der Waals surface area contributed by atoms with E-state index in [4.69, 9.17) is 4.74 Å². The van der Waals surface area contributed by atoms with E-state index in [1.54, 1.807) is 17.9 Å². The second kappa shape index (κ2) is 5.95. The van der Waals surface area contributed by atoms with E-state index in [0.717, 1.165) is 23.4 Å². The zero-order valence-electron chi connectivity index (χ0n) is 13.7. The normalized spacial score (nSPS) is 14.9. The predicted octanol–water partition coefficient (Wildman–Crippen LogP) is 1.95. The van der Waals surface area contributed by atoms with Crippen LogP contribution in [0.2, 0.25) is 0 Å². The summed E-state index contributed by atoms with van der Waals surface area (Å²) in [5.41, 5.74) is 3.12. The van der Waals surface area contributed by atoms with E-state index in [1.807, 2.05) is 6.20 Å². The lowest BCUT2D eigenvalue weighted by Crippen LogP contribution is -2.25. The molecule has 2 heterocycles. The molecule has 0 radical (unpaired) electrons. The van der Waals surface area contributed by atoms with E-state index >= 15 is 0 Å². The summed E-state index contributed by atoms with van der Waals surface area (Å²) in [7, 11) is 1.61. The largest absolute Gasteiger partial charge is 0.487 e. The maximum atomic E-state index is 11.3. The van der Waals surface area contributed by atoms with E-state index in [9.17, 15) is 4.79 Å². The molecule has 1 aromatic carbocycles. The van der Waals surface area contributed by atoms with Crippen LogP contribution in [0, 0.1) is 0 Å². The zero-order chi connectivity index (χ0) is 16.4. The van der Waals surface area contributed by atoms with Crippen LogP contribution in [0.4, 0.5) is 5.69 Å². The molecule has 122 valence electrons. The van der Waals surface area contributed by atoms with Crippen molar-refractivity contribution in [3.8, 4) is 5.75 Å². The van der Waals surface area contributed by atoms with Gasteiger partial charge in [-0.25, -0.2) is 0 Å². The van der Waals surface area contributed by atoms with Crippen molar-refractivity contribution < 1.29 is 9.53 Å². The molecule has 1 aliphatic rings. The van der Waals surface area contributed by atoms with Gasteiger partial charge in [0.2, 0.25) is 5.91 Å². The number of rotatable bonds is 5. The molecule has 1 aromatic heterocycles. The lowest BCUT2D eigenvalue weighted by atomic mass is 10.0. The fraction of sp³-hybridized carbons (Fsp3) is 0.412. The Labute approximate surface area is 135 Å². The summed E-state index contributed by atoms with van der Waals surface area (Å²) < 4.78 is 7.68. The number of para-hydroxylation sites is 1.